The molecule has 2 rings (SSSR count). The molecule has 0 unspecified atom stereocenters. The third-order valence-corrected chi connectivity index (χ3v) is 4.57. The van der Waals surface area contributed by atoms with Gasteiger partial charge in [-0.3, -0.25) is 9.52 Å². The molecular weight excluding hydrogens is 336 g/mol. The average Bonchev–Trinajstić information content (AvgIpc) is 2.54. The summed E-state index contributed by atoms with van der Waals surface area (Å²) < 4.78 is 25.1. The van der Waals surface area contributed by atoms with Gasteiger partial charge in [-0.15, -0.1) is 0 Å². The van der Waals surface area contributed by atoms with Crippen LogP contribution < -0.4 is 10.0 Å². The second-order valence-electron chi connectivity index (χ2n) is 6.25. The molecule has 0 aliphatic heterocycles. The number of nitrogens with one attached hydrogen (secondary N) is 2. The smallest absolute Gasteiger partial charge is 0.251 e. The lowest BCUT2D eigenvalue weighted by Gasteiger charge is -2.18. The highest BCUT2D eigenvalue weighted by Crippen LogP contribution is 2.20. The van der Waals surface area contributed by atoms with Gasteiger partial charge in [0, 0.05) is 5.56 Å². The minimum atomic E-state index is -3.35. The van der Waals surface area contributed by atoms with E-state index in [1.165, 1.54) is 5.56 Å². The molecule has 0 heterocycles. The summed E-state index contributed by atoms with van der Waals surface area (Å²) in [5.41, 5.74) is 3.91. The highest BCUT2D eigenvalue weighted by Gasteiger charge is 2.15. The van der Waals surface area contributed by atoms with Crippen molar-refractivity contribution < 1.29 is 13.2 Å². The zero-order valence-electron chi connectivity index (χ0n) is 15.0. The zero-order valence-corrected chi connectivity index (χ0v) is 15.8. The highest BCUT2D eigenvalue weighted by atomic mass is 32.2. The van der Waals surface area contributed by atoms with Crippen LogP contribution in [0.4, 0.5) is 5.69 Å². The summed E-state index contributed by atoms with van der Waals surface area (Å²) in [5.74, 6) is -0.179. The van der Waals surface area contributed by atoms with E-state index in [0.717, 1.165) is 18.2 Å². The molecule has 0 aromatic heterocycles. The number of hydrogen-bond donors (Lipinski definition) is 2. The molecule has 6 heteroatoms. The Kier molecular flexibility index (Phi) is 5.85. The average molecular weight is 360 g/mol. The third-order valence-electron chi connectivity index (χ3n) is 3.98. The molecule has 2 aromatic rings. The van der Waals surface area contributed by atoms with E-state index in [0.29, 0.717) is 16.8 Å². The summed E-state index contributed by atoms with van der Waals surface area (Å²) in [4.78, 5) is 12.6. The van der Waals surface area contributed by atoms with E-state index < -0.39 is 10.0 Å². The highest BCUT2D eigenvalue weighted by molar-refractivity contribution is 7.92. The van der Waals surface area contributed by atoms with Gasteiger partial charge in [-0.25, -0.2) is 8.42 Å². The van der Waals surface area contributed by atoms with Crippen molar-refractivity contribution in [3.05, 3.63) is 64.7 Å². The first-order valence-electron chi connectivity index (χ1n) is 8.15. The van der Waals surface area contributed by atoms with Gasteiger partial charge in [0.15, 0.2) is 0 Å². The number of sulfonamides is 1. The van der Waals surface area contributed by atoms with E-state index >= 15 is 0 Å². The quantitative estimate of drug-likeness (QED) is 0.827. The molecule has 0 aliphatic carbocycles. The Labute approximate surface area is 149 Å². The maximum atomic E-state index is 12.6. The minimum Gasteiger partial charge on any atom is -0.345 e. The monoisotopic (exact) mass is 360 g/mol. The van der Waals surface area contributed by atoms with Gasteiger partial charge < -0.3 is 5.32 Å². The summed E-state index contributed by atoms with van der Waals surface area (Å²) in [6.07, 6.45) is 1.88. The summed E-state index contributed by atoms with van der Waals surface area (Å²) in [6, 6.07) is 12.9. The SMILES string of the molecule is CC[C@@H](NC(=O)c1ccc(NS(C)(=O)=O)c(C)c1)c1ccc(C)cc1. The van der Waals surface area contributed by atoms with Crippen LogP contribution in [0.2, 0.25) is 0 Å². The molecule has 0 radical (unpaired) electrons. The molecule has 5 nitrogen and oxygen atoms in total. The second-order valence-corrected chi connectivity index (χ2v) is 8.00. The minimum absolute atomic E-state index is 0.0674. The van der Waals surface area contributed by atoms with Crippen LogP contribution >= 0.6 is 0 Å². The predicted molar refractivity (Wildman–Crippen MR) is 101 cm³/mol. The van der Waals surface area contributed by atoms with Crippen molar-refractivity contribution in [2.45, 2.75) is 33.2 Å². The second kappa shape index (κ2) is 7.70. The molecule has 0 spiro atoms. The van der Waals surface area contributed by atoms with E-state index in [-0.39, 0.29) is 11.9 Å². The van der Waals surface area contributed by atoms with Gasteiger partial charge in [0.05, 0.1) is 18.0 Å². The van der Waals surface area contributed by atoms with Crippen LogP contribution in [0.5, 0.6) is 0 Å². The number of anilines is 1. The van der Waals surface area contributed by atoms with Gasteiger partial charge in [0.25, 0.3) is 5.91 Å². The standard InChI is InChI=1S/C19H24N2O3S/c1-5-17(15-8-6-13(2)7-9-15)20-19(22)16-10-11-18(14(3)12-16)21-25(4,23)24/h6-12,17,21H,5H2,1-4H3,(H,20,22)/t17-/m1/s1. The first kappa shape index (κ1) is 19.0. The van der Waals surface area contributed by atoms with Gasteiger partial charge in [0.2, 0.25) is 10.0 Å². The van der Waals surface area contributed by atoms with Gasteiger partial charge in [-0.2, -0.15) is 0 Å². The molecule has 0 fully saturated rings. The van der Waals surface area contributed by atoms with E-state index in [1.54, 1.807) is 25.1 Å². The van der Waals surface area contributed by atoms with Crippen LogP contribution in [0.15, 0.2) is 42.5 Å². The molecule has 25 heavy (non-hydrogen) atoms. The molecule has 0 aliphatic rings. The fourth-order valence-corrected chi connectivity index (χ4v) is 3.21. The van der Waals surface area contributed by atoms with Crippen molar-refractivity contribution in [3.8, 4) is 0 Å². The lowest BCUT2D eigenvalue weighted by molar-refractivity contribution is 0.0935. The zero-order chi connectivity index (χ0) is 18.6. The third kappa shape index (κ3) is 5.32. The first-order valence-corrected chi connectivity index (χ1v) is 10.0. The summed E-state index contributed by atoms with van der Waals surface area (Å²) in [6.45, 7) is 5.81. The van der Waals surface area contributed by atoms with Crippen molar-refractivity contribution in [1.82, 2.24) is 5.32 Å². The molecule has 1 amide bonds. The van der Waals surface area contributed by atoms with Crippen LogP contribution in [0.25, 0.3) is 0 Å². The van der Waals surface area contributed by atoms with Crippen molar-refractivity contribution in [2.75, 3.05) is 11.0 Å². The van der Waals surface area contributed by atoms with Crippen LogP contribution in [0.1, 0.15) is 46.4 Å². The normalized spacial score (nSPS) is 12.5. The predicted octanol–water partition coefficient (Wildman–Crippen LogP) is 3.56. The van der Waals surface area contributed by atoms with Crippen molar-refractivity contribution in [3.63, 3.8) is 0 Å². The van der Waals surface area contributed by atoms with E-state index in [1.807, 2.05) is 38.1 Å². The van der Waals surface area contributed by atoms with Crippen LogP contribution in [0, 0.1) is 13.8 Å². The number of aryl methyl sites for hydroxylation is 2. The summed E-state index contributed by atoms with van der Waals surface area (Å²) in [5, 5.41) is 3.04. The van der Waals surface area contributed by atoms with Gasteiger partial charge in [0.1, 0.15) is 0 Å². The number of carbonyl (C=O) groups is 1. The Morgan fingerprint density at radius 3 is 2.24 bits per heavy atom. The Morgan fingerprint density at radius 1 is 1.08 bits per heavy atom. The maximum Gasteiger partial charge on any atom is 0.251 e. The number of benzene rings is 2. The molecule has 2 aromatic carbocycles. The lowest BCUT2D eigenvalue weighted by Crippen LogP contribution is -2.28. The fourth-order valence-electron chi connectivity index (χ4n) is 2.58. The fraction of sp³-hybridized carbons (Fsp3) is 0.316. The van der Waals surface area contributed by atoms with Crippen LogP contribution in [0.3, 0.4) is 0 Å². The first-order chi connectivity index (χ1) is 11.7. The molecule has 0 saturated carbocycles. The number of carbonyl (C=O) groups excluding carboxylic acids is 1. The van der Waals surface area contributed by atoms with Crippen molar-refractivity contribution in [1.29, 1.82) is 0 Å². The number of rotatable bonds is 6. The van der Waals surface area contributed by atoms with E-state index in [9.17, 15) is 13.2 Å². The molecule has 0 saturated heterocycles. The molecular formula is C19H24N2O3S. The topological polar surface area (TPSA) is 75.3 Å². The summed E-state index contributed by atoms with van der Waals surface area (Å²) >= 11 is 0. The Hall–Kier alpha value is -2.34. The molecule has 134 valence electrons. The van der Waals surface area contributed by atoms with E-state index in [2.05, 4.69) is 10.0 Å². The van der Waals surface area contributed by atoms with Crippen molar-refractivity contribution >= 4 is 21.6 Å². The van der Waals surface area contributed by atoms with Crippen molar-refractivity contribution in [2.24, 2.45) is 0 Å². The molecule has 0 bridgehead atoms. The summed E-state index contributed by atoms with van der Waals surface area (Å²) in [7, 11) is -3.35. The van der Waals surface area contributed by atoms with Crippen LogP contribution in [-0.2, 0) is 10.0 Å². The van der Waals surface area contributed by atoms with Gasteiger partial charge >= 0.3 is 0 Å². The Bertz CT molecular complexity index is 859. The molecule has 1 atom stereocenters. The number of amides is 1. The van der Waals surface area contributed by atoms with Gasteiger partial charge in [-0.05, 0) is 49.6 Å². The number of hydrogen-bond acceptors (Lipinski definition) is 3. The van der Waals surface area contributed by atoms with Crippen LogP contribution in [-0.4, -0.2) is 20.6 Å². The van der Waals surface area contributed by atoms with E-state index in [4.69, 9.17) is 0 Å². The van der Waals surface area contributed by atoms with Gasteiger partial charge in [-0.1, -0.05) is 36.8 Å². The Balaban J connectivity index is 2.16. The largest absolute Gasteiger partial charge is 0.345 e. The maximum absolute atomic E-state index is 12.6. The molecule has 2 N–H and O–H groups in total. The Morgan fingerprint density at radius 2 is 1.72 bits per heavy atom. The lowest BCUT2D eigenvalue weighted by atomic mass is 10.0.